The van der Waals surface area contributed by atoms with Gasteiger partial charge in [-0.25, -0.2) is 13.4 Å². The van der Waals surface area contributed by atoms with Crippen LogP contribution >= 0.6 is 27.5 Å². The Bertz CT molecular complexity index is 746. The summed E-state index contributed by atoms with van der Waals surface area (Å²) in [7, 11) is -3.83. The van der Waals surface area contributed by atoms with E-state index in [9.17, 15) is 8.42 Å². The predicted molar refractivity (Wildman–Crippen MR) is 80.1 cm³/mol. The van der Waals surface area contributed by atoms with Crippen LogP contribution in [0.4, 0.5) is 11.5 Å². The van der Waals surface area contributed by atoms with E-state index in [4.69, 9.17) is 17.3 Å². The molecule has 0 saturated heterocycles. The van der Waals surface area contributed by atoms with Crippen molar-refractivity contribution in [3.8, 4) is 0 Å². The lowest BCUT2D eigenvalue weighted by Crippen LogP contribution is -2.14. The summed E-state index contributed by atoms with van der Waals surface area (Å²) in [5.74, 6) is -0.0552. The Hall–Kier alpha value is -1.32. The van der Waals surface area contributed by atoms with Crippen molar-refractivity contribution in [2.75, 3.05) is 10.5 Å². The minimum atomic E-state index is -3.83. The SMILES string of the molecule is CCn1cc(S(=O)(=O)Nc2cnc(Cl)c(Br)c2)c(N)n1. The van der Waals surface area contributed by atoms with Crippen LogP contribution in [-0.2, 0) is 16.6 Å². The van der Waals surface area contributed by atoms with E-state index in [1.165, 1.54) is 23.1 Å². The molecule has 2 heterocycles. The second kappa shape index (κ2) is 5.58. The van der Waals surface area contributed by atoms with Crippen molar-refractivity contribution in [3.63, 3.8) is 0 Å². The quantitative estimate of drug-likeness (QED) is 0.791. The maximum atomic E-state index is 12.2. The summed E-state index contributed by atoms with van der Waals surface area (Å²) >= 11 is 8.92. The number of aromatic nitrogens is 3. The molecule has 0 aliphatic rings. The van der Waals surface area contributed by atoms with Gasteiger partial charge in [-0.1, -0.05) is 11.6 Å². The number of nitrogens with two attached hydrogens (primary N) is 1. The van der Waals surface area contributed by atoms with E-state index in [1.54, 1.807) is 0 Å². The first-order valence-electron chi connectivity index (χ1n) is 5.50. The van der Waals surface area contributed by atoms with Crippen LogP contribution in [0.5, 0.6) is 0 Å². The molecule has 0 aliphatic heterocycles. The van der Waals surface area contributed by atoms with Crippen LogP contribution in [0, 0.1) is 0 Å². The Balaban J connectivity index is 2.35. The summed E-state index contributed by atoms with van der Waals surface area (Å²) < 4.78 is 28.8. The number of nitrogens with one attached hydrogen (secondary N) is 1. The fourth-order valence-corrected chi connectivity index (χ4v) is 3.04. The van der Waals surface area contributed by atoms with E-state index < -0.39 is 10.0 Å². The fourth-order valence-electron chi connectivity index (χ4n) is 1.47. The van der Waals surface area contributed by atoms with E-state index in [-0.39, 0.29) is 21.6 Å². The van der Waals surface area contributed by atoms with Gasteiger partial charge in [-0.3, -0.25) is 9.40 Å². The Morgan fingerprint density at radius 3 is 2.80 bits per heavy atom. The number of halogens is 2. The molecule has 2 aromatic heterocycles. The minimum absolute atomic E-state index is 0.0552. The van der Waals surface area contributed by atoms with Crippen LogP contribution in [0.1, 0.15) is 6.92 Å². The van der Waals surface area contributed by atoms with Gasteiger partial charge >= 0.3 is 0 Å². The number of pyridine rings is 1. The highest BCUT2D eigenvalue weighted by atomic mass is 79.9. The third-order valence-corrected chi connectivity index (χ3v) is 4.95. The highest BCUT2D eigenvalue weighted by Crippen LogP contribution is 2.25. The van der Waals surface area contributed by atoms with Crippen LogP contribution in [-0.4, -0.2) is 23.2 Å². The Kier molecular flexibility index (Phi) is 4.21. The summed E-state index contributed by atoms with van der Waals surface area (Å²) in [6.45, 7) is 2.35. The molecule has 2 rings (SSSR count). The normalized spacial score (nSPS) is 11.6. The molecule has 0 saturated carbocycles. The molecule has 0 fully saturated rings. The molecular weight excluding hydrogens is 370 g/mol. The minimum Gasteiger partial charge on any atom is -0.381 e. The number of sulfonamides is 1. The topological polar surface area (TPSA) is 103 Å². The number of anilines is 2. The van der Waals surface area contributed by atoms with E-state index in [2.05, 4.69) is 30.7 Å². The van der Waals surface area contributed by atoms with Gasteiger partial charge in [0.25, 0.3) is 10.0 Å². The number of aryl methyl sites for hydroxylation is 1. The average Bonchev–Trinajstić information content (AvgIpc) is 2.76. The van der Waals surface area contributed by atoms with E-state index in [0.717, 1.165) is 0 Å². The largest absolute Gasteiger partial charge is 0.381 e. The average molecular weight is 381 g/mol. The summed E-state index contributed by atoms with van der Waals surface area (Å²) in [6.07, 6.45) is 2.68. The first-order chi connectivity index (χ1) is 9.33. The lowest BCUT2D eigenvalue weighted by molar-refractivity contribution is 0.600. The molecule has 10 heteroatoms. The summed E-state index contributed by atoms with van der Waals surface area (Å²) in [5, 5.41) is 4.14. The monoisotopic (exact) mass is 379 g/mol. The molecule has 0 radical (unpaired) electrons. The number of hydrogen-bond donors (Lipinski definition) is 2. The molecule has 0 aromatic carbocycles. The Morgan fingerprint density at radius 1 is 1.55 bits per heavy atom. The predicted octanol–water partition coefficient (Wildman–Crippen LogP) is 2.10. The number of nitrogen functional groups attached to an aromatic ring is 1. The zero-order valence-electron chi connectivity index (χ0n) is 10.3. The zero-order valence-corrected chi connectivity index (χ0v) is 13.5. The smallest absolute Gasteiger partial charge is 0.267 e. The van der Waals surface area contributed by atoms with Crippen LogP contribution in [0.25, 0.3) is 0 Å². The fraction of sp³-hybridized carbons (Fsp3) is 0.200. The zero-order chi connectivity index (χ0) is 14.9. The molecule has 0 atom stereocenters. The van der Waals surface area contributed by atoms with Gasteiger partial charge < -0.3 is 5.73 Å². The van der Waals surface area contributed by atoms with Gasteiger partial charge in [0.05, 0.1) is 16.4 Å². The van der Waals surface area contributed by atoms with Gasteiger partial charge in [-0.05, 0) is 28.9 Å². The first-order valence-corrected chi connectivity index (χ1v) is 8.15. The summed E-state index contributed by atoms with van der Waals surface area (Å²) in [5.41, 5.74) is 5.88. The molecule has 0 bridgehead atoms. The second-order valence-corrected chi connectivity index (χ2v) is 6.70. The molecule has 20 heavy (non-hydrogen) atoms. The molecule has 2 aromatic rings. The summed E-state index contributed by atoms with van der Waals surface area (Å²) in [6, 6.07) is 1.51. The first kappa shape index (κ1) is 15.1. The van der Waals surface area contributed by atoms with E-state index in [0.29, 0.717) is 11.0 Å². The second-order valence-electron chi connectivity index (χ2n) is 3.84. The maximum Gasteiger partial charge on any atom is 0.267 e. The molecular formula is C10H11BrClN5O2S. The van der Waals surface area contributed by atoms with Crippen LogP contribution in [0.15, 0.2) is 27.8 Å². The van der Waals surface area contributed by atoms with Gasteiger partial charge in [0, 0.05) is 12.7 Å². The standard InChI is InChI=1S/C10H11BrClN5O2S/c1-2-17-5-8(10(13)15-17)20(18,19)16-6-3-7(11)9(12)14-4-6/h3-5,16H,2H2,1H3,(H2,13,15). The van der Waals surface area contributed by atoms with Crippen molar-refractivity contribution < 1.29 is 8.42 Å². The highest BCUT2D eigenvalue weighted by Gasteiger charge is 2.21. The van der Waals surface area contributed by atoms with E-state index >= 15 is 0 Å². The molecule has 3 N–H and O–H groups in total. The highest BCUT2D eigenvalue weighted by molar-refractivity contribution is 9.10. The van der Waals surface area contributed by atoms with Crippen molar-refractivity contribution in [1.82, 2.24) is 14.8 Å². The lowest BCUT2D eigenvalue weighted by atomic mass is 10.4. The summed E-state index contributed by atoms with van der Waals surface area (Å²) in [4.78, 5) is 3.76. The van der Waals surface area contributed by atoms with Crippen molar-refractivity contribution in [3.05, 3.63) is 28.1 Å². The van der Waals surface area contributed by atoms with Crippen molar-refractivity contribution >= 4 is 49.1 Å². The molecule has 0 spiro atoms. The van der Waals surface area contributed by atoms with Gasteiger partial charge in [-0.15, -0.1) is 0 Å². The van der Waals surface area contributed by atoms with Crippen LogP contribution in [0.2, 0.25) is 5.15 Å². The molecule has 7 nitrogen and oxygen atoms in total. The Labute approximate surface area is 129 Å². The Morgan fingerprint density at radius 2 is 2.25 bits per heavy atom. The van der Waals surface area contributed by atoms with Gasteiger partial charge in [0.1, 0.15) is 10.0 Å². The van der Waals surface area contributed by atoms with Crippen LogP contribution < -0.4 is 10.5 Å². The molecule has 108 valence electrons. The third kappa shape index (κ3) is 3.05. The van der Waals surface area contributed by atoms with Gasteiger partial charge in [-0.2, -0.15) is 5.10 Å². The van der Waals surface area contributed by atoms with Crippen molar-refractivity contribution in [2.45, 2.75) is 18.4 Å². The van der Waals surface area contributed by atoms with Crippen molar-refractivity contribution in [1.29, 1.82) is 0 Å². The number of rotatable bonds is 4. The van der Waals surface area contributed by atoms with Crippen molar-refractivity contribution in [2.24, 2.45) is 0 Å². The van der Waals surface area contributed by atoms with Gasteiger partial charge in [0.15, 0.2) is 5.82 Å². The lowest BCUT2D eigenvalue weighted by Gasteiger charge is -2.07. The molecule has 0 unspecified atom stereocenters. The maximum absolute atomic E-state index is 12.2. The number of nitrogens with zero attached hydrogens (tertiary/aromatic N) is 3. The van der Waals surface area contributed by atoms with Gasteiger partial charge in [0.2, 0.25) is 0 Å². The molecule has 0 amide bonds. The van der Waals surface area contributed by atoms with E-state index in [1.807, 2.05) is 6.92 Å². The number of hydrogen-bond acceptors (Lipinski definition) is 5. The molecule has 0 aliphatic carbocycles. The van der Waals surface area contributed by atoms with Crippen LogP contribution in [0.3, 0.4) is 0 Å². The third-order valence-electron chi connectivity index (χ3n) is 2.42.